The fraction of sp³-hybridized carbons (Fsp3) is 0.765. The summed E-state index contributed by atoms with van der Waals surface area (Å²) in [5.74, 6) is 3.14. The molecule has 2 heterocycles. The summed E-state index contributed by atoms with van der Waals surface area (Å²) in [5, 5.41) is 10.8. The number of rotatable bonds is 7. The number of aryl methyl sites for hydroxylation is 2. The largest absolute Gasteiger partial charge is 0.361 e. The maximum absolute atomic E-state index is 5.21. The molecule has 130 valence electrons. The number of aliphatic imine (C=N–C) groups is 1. The molecule has 0 aromatic carbocycles. The second-order valence-electron chi connectivity index (χ2n) is 6.43. The quantitative estimate of drug-likeness (QED) is 0.454. The van der Waals surface area contributed by atoms with E-state index in [1.807, 2.05) is 13.8 Å². The molecular weight excluding hydrogens is 308 g/mol. The van der Waals surface area contributed by atoms with E-state index in [1.54, 1.807) is 0 Å². The Morgan fingerprint density at radius 2 is 2.22 bits per heavy atom. The van der Waals surface area contributed by atoms with Crippen LogP contribution in [0, 0.1) is 13.8 Å². The first kappa shape index (κ1) is 18.2. The molecular formula is C17H30N4OS. The maximum atomic E-state index is 5.21. The van der Waals surface area contributed by atoms with E-state index >= 15 is 0 Å². The molecule has 0 radical (unpaired) electrons. The average Bonchev–Trinajstić information content (AvgIpc) is 3.09. The molecule has 1 aromatic rings. The van der Waals surface area contributed by atoms with Gasteiger partial charge in [0, 0.05) is 23.4 Å². The van der Waals surface area contributed by atoms with Gasteiger partial charge in [-0.2, -0.15) is 11.8 Å². The van der Waals surface area contributed by atoms with E-state index in [0.29, 0.717) is 4.75 Å². The van der Waals surface area contributed by atoms with Gasteiger partial charge in [-0.25, -0.2) is 0 Å². The van der Waals surface area contributed by atoms with Gasteiger partial charge in [-0.1, -0.05) is 5.16 Å². The van der Waals surface area contributed by atoms with Gasteiger partial charge in [0.25, 0.3) is 0 Å². The Morgan fingerprint density at radius 3 is 2.83 bits per heavy atom. The minimum atomic E-state index is 0.318. The van der Waals surface area contributed by atoms with E-state index < -0.39 is 0 Å². The highest BCUT2D eigenvalue weighted by Gasteiger charge is 2.29. The van der Waals surface area contributed by atoms with Crippen LogP contribution in [0.3, 0.4) is 0 Å². The van der Waals surface area contributed by atoms with Crippen molar-refractivity contribution in [2.75, 3.05) is 25.4 Å². The predicted molar refractivity (Wildman–Crippen MR) is 98.4 cm³/mol. The van der Waals surface area contributed by atoms with Crippen LogP contribution >= 0.6 is 11.8 Å². The molecule has 0 bridgehead atoms. The Balaban J connectivity index is 1.78. The summed E-state index contributed by atoms with van der Waals surface area (Å²) in [6.07, 6.45) is 4.62. The lowest BCUT2D eigenvalue weighted by atomic mass is 10.1. The lowest BCUT2D eigenvalue weighted by Crippen LogP contribution is -2.39. The molecule has 0 amide bonds. The van der Waals surface area contributed by atoms with E-state index in [0.717, 1.165) is 49.9 Å². The summed E-state index contributed by atoms with van der Waals surface area (Å²) in [5.41, 5.74) is 2.25. The van der Waals surface area contributed by atoms with Crippen LogP contribution in [0.2, 0.25) is 0 Å². The van der Waals surface area contributed by atoms with E-state index in [-0.39, 0.29) is 0 Å². The number of thioether (sulfide) groups is 1. The fourth-order valence-corrected chi connectivity index (χ4v) is 4.11. The van der Waals surface area contributed by atoms with E-state index in [1.165, 1.54) is 24.2 Å². The second kappa shape index (κ2) is 8.62. The molecule has 1 aromatic heterocycles. The Morgan fingerprint density at radius 1 is 1.39 bits per heavy atom. The molecule has 6 heteroatoms. The maximum Gasteiger partial charge on any atom is 0.191 e. The molecule has 5 nitrogen and oxygen atoms in total. The van der Waals surface area contributed by atoms with Gasteiger partial charge in [0.1, 0.15) is 5.76 Å². The first-order valence-corrected chi connectivity index (χ1v) is 9.60. The first-order chi connectivity index (χ1) is 11.0. The van der Waals surface area contributed by atoms with Crippen molar-refractivity contribution in [3.8, 4) is 0 Å². The van der Waals surface area contributed by atoms with Crippen molar-refractivity contribution in [3.63, 3.8) is 0 Å². The van der Waals surface area contributed by atoms with E-state index in [4.69, 9.17) is 9.52 Å². The summed E-state index contributed by atoms with van der Waals surface area (Å²) >= 11 is 2.05. The molecule has 2 rings (SSSR count). The normalized spacial score (nSPS) is 21.7. The lowest BCUT2D eigenvalue weighted by molar-refractivity contribution is 0.392. The van der Waals surface area contributed by atoms with Crippen molar-refractivity contribution in [1.29, 1.82) is 0 Å². The van der Waals surface area contributed by atoms with Gasteiger partial charge in [0.05, 0.1) is 12.2 Å². The van der Waals surface area contributed by atoms with E-state index in [2.05, 4.69) is 41.4 Å². The highest BCUT2D eigenvalue weighted by molar-refractivity contribution is 8.00. The molecule has 23 heavy (non-hydrogen) atoms. The summed E-state index contributed by atoms with van der Waals surface area (Å²) in [6.45, 7) is 11.1. The van der Waals surface area contributed by atoms with Crippen LogP contribution in [0.15, 0.2) is 9.52 Å². The SMILES string of the molecule is CCNC(=NCC1(C)CCCS1)NCCCc1c(C)noc1C. The Kier molecular flexibility index (Phi) is 6.81. The second-order valence-corrected chi connectivity index (χ2v) is 8.11. The van der Waals surface area contributed by atoms with Crippen LogP contribution in [0.5, 0.6) is 0 Å². The molecule has 0 saturated carbocycles. The van der Waals surface area contributed by atoms with E-state index in [9.17, 15) is 0 Å². The van der Waals surface area contributed by atoms with Gasteiger partial charge in [0.2, 0.25) is 0 Å². The zero-order valence-electron chi connectivity index (χ0n) is 14.9. The molecule has 1 unspecified atom stereocenters. The number of aromatic nitrogens is 1. The van der Waals surface area contributed by atoms with Crippen LogP contribution < -0.4 is 10.6 Å². The smallest absolute Gasteiger partial charge is 0.191 e. The highest BCUT2D eigenvalue weighted by Crippen LogP contribution is 2.37. The first-order valence-electron chi connectivity index (χ1n) is 8.62. The van der Waals surface area contributed by atoms with Crippen molar-refractivity contribution in [3.05, 3.63) is 17.0 Å². The number of guanidine groups is 1. The zero-order chi connectivity index (χ0) is 16.7. The fourth-order valence-electron chi connectivity index (χ4n) is 2.88. The third-order valence-corrected chi connectivity index (χ3v) is 5.82. The zero-order valence-corrected chi connectivity index (χ0v) is 15.7. The van der Waals surface area contributed by atoms with Crippen LogP contribution in [-0.2, 0) is 6.42 Å². The molecule has 1 fully saturated rings. The Hall–Kier alpha value is -1.17. The lowest BCUT2D eigenvalue weighted by Gasteiger charge is -2.21. The van der Waals surface area contributed by atoms with Crippen LogP contribution in [-0.4, -0.2) is 41.3 Å². The van der Waals surface area contributed by atoms with Crippen LogP contribution in [0.1, 0.15) is 50.1 Å². The van der Waals surface area contributed by atoms with Gasteiger partial charge in [-0.3, -0.25) is 4.99 Å². The summed E-state index contributed by atoms with van der Waals surface area (Å²) in [7, 11) is 0. The topological polar surface area (TPSA) is 62.5 Å². The minimum absolute atomic E-state index is 0.318. The van der Waals surface area contributed by atoms with Gasteiger partial charge in [0.15, 0.2) is 5.96 Å². The third-order valence-electron chi connectivity index (χ3n) is 4.29. The van der Waals surface area contributed by atoms with Crippen molar-refractivity contribution >= 4 is 17.7 Å². The number of nitrogens with one attached hydrogen (secondary N) is 2. The standard InChI is InChI=1S/C17H30N4OS/c1-5-18-16(20-12-17(4)9-7-11-23-17)19-10-6-8-15-13(2)21-22-14(15)3/h5-12H2,1-4H3,(H2,18,19,20). The summed E-state index contributed by atoms with van der Waals surface area (Å²) in [4.78, 5) is 4.78. The van der Waals surface area contributed by atoms with Crippen molar-refractivity contribution < 1.29 is 4.52 Å². The molecule has 1 atom stereocenters. The van der Waals surface area contributed by atoms with Gasteiger partial charge < -0.3 is 15.2 Å². The molecule has 0 spiro atoms. The van der Waals surface area contributed by atoms with Gasteiger partial charge in [-0.15, -0.1) is 0 Å². The molecule has 2 N–H and O–H groups in total. The van der Waals surface area contributed by atoms with Gasteiger partial charge in [-0.05, 0) is 59.1 Å². The van der Waals surface area contributed by atoms with Crippen molar-refractivity contribution in [2.45, 2.75) is 58.1 Å². The van der Waals surface area contributed by atoms with Gasteiger partial charge >= 0.3 is 0 Å². The molecule has 1 aliphatic heterocycles. The number of nitrogens with zero attached hydrogens (tertiary/aromatic N) is 2. The number of hydrogen-bond acceptors (Lipinski definition) is 4. The predicted octanol–water partition coefficient (Wildman–Crippen LogP) is 3.06. The average molecular weight is 339 g/mol. The van der Waals surface area contributed by atoms with Crippen molar-refractivity contribution in [1.82, 2.24) is 15.8 Å². The van der Waals surface area contributed by atoms with Crippen LogP contribution in [0.25, 0.3) is 0 Å². The highest BCUT2D eigenvalue weighted by atomic mass is 32.2. The third kappa shape index (κ3) is 5.44. The summed E-state index contributed by atoms with van der Waals surface area (Å²) in [6, 6.07) is 0. The monoisotopic (exact) mass is 338 g/mol. The molecule has 0 aliphatic carbocycles. The summed E-state index contributed by atoms with van der Waals surface area (Å²) < 4.78 is 5.53. The Labute approximate surface area is 144 Å². The van der Waals surface area contributed by atoms with Crippen molar-refractivity contribution in [2.24, 2.45) is 4.99 Å². The Bertz CT molecular complexity index is 501. The van der Waals surface area contributed by atoms with Crippen LogP contribution in [0.4, 0.5) is 0 Å². The number of hydrogen-bond donors (Lipinski definition) is 2. The molecule has 1 aliphatic rings. The minimum Gasteiger partial charge on any atom is -0.361 e. The molecule has 1 saturated heterocycles.